The summed E-state index contributed by atoms with van der Waals surface area (Å²) in [6.45, 7) is 2.25. The first-order chi connectivity index (χ1) is 13.5. The van der Waals surface area contributed by atoms with Gasteiger partial charge < -0.3 is 9.64 Å². The van der Waals surface area contributed by atoms with Crippen LogP contribution in [0.2, 0.25) is 0 Å². The second-order valence-electron chi connectivity index (χ2n) is 6.58. The van der Waals surface area contributed by atoms with Gasteiger partial charge in [-0.25, -0.2) is 8.42 Å². The third-order valence-corrected chi connectivity index (χ3v) is 8.28. The van der Waals surface area contributed by atoms with Gasteiger partial charge in [0, 0.05) is 56.1 Å². The highest BCUT2D eigenvalue weighted by molar-refractivity contribution is 7.91. The zero-order valence-corrected chi connectivity index (χ0v) is 17.4. The Morgan fingerprint density at radius 2 is 1.79 bits per heavy atom. The molecular formula is C19H22N4O3S2. The minimum Gasteiger partial charge on any atom is -0.497 e. The van der Waals surface area contributed by atoms with Crippen LogP contribution in [-0.2, 0) is 17.1 Å². The summed E-state index contributed by atoms with van der Waals surface area (Å²) in [5, 5.41) is 6.02. The monoisotopic (exact) mass is 418 g/mol. The van der Waals surface area contributed by atoms with E-state index < -0.39 is 10.0 Å². The number of methoxy groups -OCH3 is 1. The Kier molecular flexibility index (Phi) is 5.13. The van der Waals surface area contributed by atoms with Crippen molar-refractivity contribution in [2.75, 3.05) is 38.2 Å². The second-order valence-corrected chi connectivity index (χ2v) is 9.66. The van der Waals surface area contributed by atoms with Crippen molar-refractivity contribution in [2.45, 2.75) is 4.21 Å². The number of anilines is 1. The molecule has 1 saturated heterocycles. The number of thiophene rings is 1. The maximum absolute atomic E-state index is 13.1. The van der Waals surface area contributed by atoms with Crippen molar-refractivity contribution >= 4 is 27.0 Å². The SMILES string of the molecule is COc1ccc(N2CCN(S(=O)(=O)c3cc(-c4ccnn4C)cs3)CC2)cc1. The predicted octanol–water partition coefficient (Wildman–Crippen LogP) is 2.67. The highest BCUT2D eigenvalue weighted by Crippen LogP contribution is 2.31. The van der Waals surface area contributed by atoms with E-state index in [1.807, 2.05) is 42.8 Å². The smallest absolute Gasteiger partial charge is 0.252 e. The number of aromatic nitrogens is 2. The molecule has 7 nitrogen and oxygen atoms in total. The van der Waals surface area contributed by atoms with E-state index in [0.29, 0.717) is 30.4 Å². The Morgan fingerprint density at radius 1 is 1.07 bits per heavy atom. The topological polar surface area (TPSA) is 67.7 Å². The van der Waals surface area contributed by atoms with Crippen molar-refractivity contribution in [1.29, 1.82) is 0 Å². The second kappa shape index (κ2) is 7.57. The third-order valence-electron chi connectivity index (χ3n) is 4.96. The van der Waals surface area contributed by atoms with E-state index in [1.165, 1.54) is 11.3 Å². The molecule has 1 aliphatic rings. The molecule has 3 aromatic rings. The van der Waals surface area contributed by atoms with Gasteiger partial charge in [0.2, 0.25) is 0 Å². The Labute approximate surface area is 168 Å². The molecule has 1 fully saturated rings. The van der Waals surface area contributed by atoms with Gasteiger partial charge in [0.05, 0.1) is 12.8 Å². The molecule has 0 saturated carbocycles. The van der Waals surface area contributed by atoms with Gasteiger partial charge in [-0.1, -0.05) is 0 Å². The molecular weight excluding hydrogens is 396 g/mol. The van der Waals surface area contributed by atoms with E-state index >= 15 is 0 Å². The van der Waals surface area contributed by atoms with Crippen LogP contribution in [0, 0.1) is 0 Å². The number of nitrogens with zero attached hydrogens (tertiary/aromatic N) is 4. The van der Waals surface area contributed by atoms with Crippen LogP contribution in [0.4, 0.5) is 5.69 Å². The summed E-state index contributed by atoms with van der Waals surface area (Å²) in [5.74, 6) is 0.812. The molecule has 0 bridgehead atoms. The summed E-state index contributed by atoms with van der Waals surface area (Å²) in [5.41, 5.74) is 2.86. The Balaban J connectivity index is 1.46. The van der Waals surface area contributed by atoms with Crippen LogP contribution in [0.3, 0.4) is 0 Å². The molecule has 1 aliphatic heterocycles. The van der Waals surface area contributed by atoms with E-state index in [4.69, 9.17) is 4.74 Å². The van der Waals surface area contributed by atoms with Gasteiger partial charge >= 0.3 is 0 Å². The maximum atomic E-state index is 13.1. The molecule has 3 heterocycles. The van der Waals surface area contributed by atoms with Crippen LogP contribution >= 0.6 is 11.3 Å². The first-order valence-corrected chi connectivity index (χ1v) is 11.3. The average molecular weight is 419 g/mol. The van der Waals surface area contributed by atoms with E-state index in [2.05, 4.69) is 10.00 Å². The highest BCUT2D eigenvalue weighted by Gasteiger charge is 2.30. The van der Waals surface area contributed by atoms with Gasteiger partial charge in [-0.2, -0.15) is 9.40 Å². The Hall–Kier alpha value is -2.36. The fourth-order valence-electron chi connectivity index (χ4n) is 3.35. The van der Waals surface area contributed by atoms with Crippen LogP contribution in [0.25, 0.3) is 11.3 Å². The van der Waals surface area contributed by atoms with Crippen LogP contribution in [0.5, 0.6) is 5.75 Å². The number of hydrogen-bond acceptors (Lipinski definition) is 6. The van der Waals surface area contributed by atoms with Crippen LogP contribution < -0.4 is 9.64 Å². The molecule has 0 radical (unpaired) electrons. The van der Waals surface area contributed by atoms with Crippen molar-refractivity contribution in [3.8, 4) is 17.0 Å². The molecule has 0 unspecified atom stereocenters. The summed E-state index contributed by atoms with van der Waals surface area (Å²) < 4.78 is 35.0. The molecule has 148 valence electrons. The molecule has 0 amide bonds. The van der Waals surface area contributed by atoms with Crippen LogP contribution in [0.1, 0.15) is 0 Å². The molecule has 2 aromatic heterocycles. The largest absolute Gasteiger partial charge is 0.497 e. The summed E-state index contributed by atoms with van der Waals surface area (Å²) in [6.07, 6.45) is 1.71. The zero-order valence-electron chi connectivity index (χ0n) is 15.8. The van der Waals surface area contributed by atoms with Crippen molar-refractivity contribution in [3.05, 3.63) is 48.0 Å². The summed E-state index contributed by atoms with van der Waals surface area (Å²) >= 11 is 1.26. The standard InChI is InChI=1S/C19H22N4O3S2/c1-21-18(7-8-20-21)15-13-19(27-14-15)28(24,25)23-11-9-22(10-12-23)16-3-5-17(26-2)6-4-16/h3-8,13-14H,9-12H2,1-2H3. The lowest BCUT2D eigenvalue weighted by Gasteiger charge is -2.35. The molecule has 0 spiro atoms. The lowest BCUT2D eigenvalue weighted by Crippen LogP contribution is -2.48. The van der Waals surface area contributed by atoms with Crippen molar-refractivity contribution < 1.29 is 13.2 Å². The number of ether oxygens (including phenoxy) is 1. The van der Waals surface area contributed by atoms with Gasteiger partial charge in [0.15, 0.2) is 0 Å². The molecule has 0 aliphatic carbocycles. The molecule has 4 rings (SSSR count). The van der Waals surface area contributed by atoms with Gasteiger partial charge in [-0.15, -0.1) is 11.3 Å². The third kappa shape index (κ3) is 3.52. The first-order valence-electron chi connectivity index (χ1n) is 8.95. The minimum atomic E-state index is -3.49. The van der Waals surface area contributed by atoms with Crippen LogP contribution in [0.15, 0.2) is 52.2 Å². The molecule has 1 aromatic carbocycles. The van der Waals surface area contributed by atoms with Gasteiger partial charge in [0.25, 0.3) is 10.0 Å². The van der Waals surface area contributed by atoms with E-state index in [-0.39, 0.29) is 0 Å². The zero-order chi connectivity index (χ0) is 19.7. The lowest BCUT2D eigenvalue weighted by molar-refractivity contribution is 0.385. The fraction of sp³-hybridized carbons (Fsp3) is 0.316. The number of rotatable bonds is 5. The fourth-order valence-corrected chi connectivity index (χ4v) is 6.10. The van der Waals surface area contributed by atoms with Crippen molar-refractivity contribution in [1.82, 2.24) is 14.1 Å². The van der Waals surface area contributed by atoms with Gasteiger partial charge in [-0.3, -0.25) is 4.68 Å². The Morgan fingerprint density at radius 3 is 2.39 bits per heavy atom. The number of benzene rings is 1. The summed E-state index contributed by atoms with van der Waals surface area (Å²) in [4.78, 5) is 2.20. The first kappa shape index (κ1) is 19.0. The molecule has 9 heteroatoms. The lowest BCUT2D eigenvalue weighted by atomic mass is 10.2. The average Bonchev–Trinajstić information content (AvgIpc) is 3.37. The highest BCUT2D eigenvalue weighted by atomic mass is 32.2. The minimum absolute atomic E-state index is 0.376. The number of sulfonamides is 1. The summed E-state index contributed by atoms with van der Waals surface area (Å²) in [6, 6.07) is 11.5. The number of piperazine rings is 1. The van der Waals surface area contributed by atoms with E-state index in [1.54, 1.807) is 28.4 Å². The maximum Gasteiger partial charge on any atom is 0.252 e. The van der Waals surface area contributed by atoms with Crippen LogP contribution in [-0.4, -0.2) is 55.8 Å². The van der Waals surface area contributed by atoms with Gasteiger partial charge in [0.1, 0.15) is 9.96 Å². The molecule has 28 heavy (non-hydrogen) atoms. The molecule has 0 atom stereocenters. The Bertz CT molecular complexity index is 1050. The number of hydrogen-bond donors (Lipinski definition) is 0. The summed E-state index contributed by atoms with van der Waals surface area (Å²) in [7, 11) is 0.00270. The van der Waals surface area contributed by atoms with E-state index in [9.17, 15) is 8.42 Å². The van der Waals surface area contributed by atoms with Gasteiger partial charge in [-0.05, 0) is 36.4 Å². The van der Waals surface area contributed by atoms with Crippen molar-refractivity contribution in [3.63, 3.8) is 0 Å². The molecule has 0 N–H and O–H groups in total. The number of aryl methyl sites for hydroxylation is 1. The van der Waals surface area contributed by atoms with E-state index in [0.717, 1.165) is 22.7 Å². The predicted molar refractivity (Wildman–Crippen MR) is 110 cm³/mol. The quantitative estimate of drug-likeness (QED) is 0.637. The normalized spacial score (nSPS) is 15.7. The van der Waals surface area contributed by atoms with Crippen molar-refractivity contribution in [2.24, 2.45) is 7.05 Å².